The second kappa shape index (κ2) is 4.58. The van der Waals surface area contributed by atoms with E-state index in [0.29, 0.717) is 0 Å². The van der Waals surface area contributed by atoms with Crippen molar-refractivity contribution in [1.29, 1.82) is 0 Å². The van der Waals surface area contributed by atoms with Gasteiger partial charge in [0.05, 0.1) is 0 Å². The number of carbonyl (C=O) groups is 1. The molecule has 114 valence electrons. The lowest BCUT2D eigenvalue weighted by molar-refractivity contribution is -0.246. The largest absolute Gasteiger partial charge is 0.425 e. The van der Waals surface area contributed by atoms with E-state index in [4.69, 9.17) is 0 Å². The number of carbonyl (C=O) groups excluding carboxylic acids is 1. The maximum atomic E-state index is 13.5. The summed E-state index contributed by atoms with van der Waals surface area (Å²) in [5, 5.41) is 12.8. The minimum atomic E-state index is -4.86. The van der Waals surface area contributed by atoms with Gasteiger partial charge in [0.25, 0.3) is 5.91 Å². The molecule has 0 aliphatic heterocycles. The van der Waals surface area contributed by atoms with Gasteiger partial charge in [0, 0.05) is 23.7 Å². The smallest absolute Gasteiger partial charge is 0.372 e. The van der Waals surface area contributed by atoms with E-state index in [1.54, 1.807) is 6.07 Å². The van der Waals surface area contributed by atoms with E-state index in [0.717, 1.165) is 6.07 Å². The zero-order valence-electron chi connectivity index (χ0n) is 11.5. The average Bonchev–Trinajstić information content (AvgIpc) is 2.77. The first-order chi connectivity index (χ1) is 10.3. The molecule has 2 aromatic carbocycles. The summed E-state index contributed by atoms with van der Waals surface area (Å²) in [6.07, 6.45) is -4.86. The molecule has 1 amide bonds. The first kappa shape index (κ1) is 14.6. The van der Waals surface area contributed by atoms with E-state index in [1.807, 2.05) is 0 Å². The molecule has 3 nitrogen and oxygen atoms in total. The fourth-order valence-electron chi connectivity index (χ4n) is 2.85. The number of hydrogen-bond donors (Lipinski definition) is 2. The van der Waals surface area contributed by atoms with Crippen LogP contribution in [0.2, 0.25) is 0 Å². The highest BCUT2D eigenvalue weighted by Crippen LogP contribution is 2.54. The molecule has 22 heavy (non-hydrogen) atoms. The Morgan fingerprint density at radius 2 is 1.73 bits per heavy atom. The van der Waals surface area contributed by atoms with Crippen LogP contribution in [0.3, 0.4) is 0 Å². The second-order valence-corrected chi connectivity index (χ2v) is 5.09. The quantitative estimate of drug-likeness (QED) is 0.851. The predicted octanol–water partition coefficient (Wildman–Crippen LogP) is 2.82. The Hall–Kier alpha value is -2.34. The SMILES string of the molecule is CNC(=O)c1ccc2c(c1)-c1ccccc1C2(O)C(F)(F)F. The van der Waals surface area contributed by atoms with E-state index < -0.39 is 17.7 Å². The Balaban J connectivity index is 2.32. The zero-order valence-corrected chi connectivity index (χ0v) is 11.5. The van der Waals surface area contributed by atoms with Crippen molar-refractivity contribution in [1.82, 2.24) is 5.32 Å². The lowest BCUT2D eigenvalue weighted by Crippen LogP contribution is -2.41. The fraction of sp³-hybridized carbons (Fsp3) is 0.188. The lowest BCUT2D eigenvalue weighted by Gasteiger charge is -2.28. The fourth-order valence-corrected chi connectivity index (χ4v) is 2.85. The molecule has 0 fully saturated rings. The van der Waals surface area contributed by atoms with Gasteiger partial charge in [0.15, 0.2) is 0 Å². The van der Waals surface area contributed by atoms with Gasteiger partial charge in [-0.3, -0.25) is 4.79 Å². The highest BCUT2D eigenvalue weighted by molar-refractivity contribution is 5.96. The van der Waals surface area contributed by atoms with Crippen LogP contribution in [-0.4, -0.2) is 24.2 Å². The van der Waals surface area contributed by atoms with E-state index in [1.165, 1.54) is 37.4 Å². The Morgan fingerprint density at radius 3 is 2.36 bits per heavy atom. The van der Waals surface area contributed by atoms with Crippen molar-refractivity contribution < 1.29 is 23.1 Å². The molecule has 1 unspecified atom stereocenters. The molecule has 0 radical (unpaired) electrons. The maximum absolute atomic E-state index is 13.5. The van der Waals surface area contributed by atoms with Crippen LogP contribution in [0.25, 0.3) is 11.1 Å². The van der Waals surface area contributed by atoms with Crippen LogP contribution in [0.5, 0.6) is 0 Å². The van der Waals surface area contributed by atoms with E-state index >= 15 is 0 Å². The molecular formula is C16H12F3NO2. The molecule has 3 rings (SSSR count). The van der Waals surface area contributed by atoms with Crippen LogP contribution in [-0.2, 0) is 5.60 Å². The van der Waals surface area contributed by atoms with E-state index in [9.17, 15) is 23.1 Å². The molecule has 0 saturated carbocycles. The molecule has 1 atom stereocenters. The van der Waals surface area contributed by atoms with Crippen molar-refractivity contribution in [2.45, 2.75) is 11.8 Å². The third kappa shape index (κ3) is 1.77. The minimum absolute atomic E-state index is 0.216. The number of nitrogens with one attached hydrogen (secondary N) is 1. The standard InChI is InChI=1S/C16H12F3NO2/c1-20-14(21)9-6-7-13-11(8-9)10-4-2-3-5-12(10)15(13,22)16(17,18)19/h2-8,22H,1H3,(H,20,21). The third-order valence-corrected chi connectivity index (χ3v) is 3.92. The Morgan fingerprint density at radius 1 is 1.09 bits per heavy atom. The highest BCUT2D eigenvalue weighted by Gasteiger charge is 2.60. The van der Waals surface area contributed by atoms with Crippen molar-refractivity contribution in [3.8, 4) is 11.1 Å². The molecule has 0 spiro atoms. The van der Waals surface area contributed by atoms with E-state index in [2.05, 4.69) is 5.32 Å². The first-order valence-corrected chi connectivity index (χ1v) is 6.56. The maximum Gasteiger partial charge on any atom is 0.425 e. The average molecular weight is 307 g/mol. The molecular weight excluding hydrogens is 295 g/mol. The van der Waals surface area contributed by atoms with Crippen LogP contribution in [0, 0.1) is 0 Å². The van der Waals surface area contributed by atoms with Gasteiger partial charge in [-0.1, -0.05) is 30.3 Å². The Kier molecular flexibility index (Phi) is 3.04. The van der Waals surface area contributed by atoms with Gasteiger partial charge in [-0.15, -0.1) is 0 Å². The highest BCUT2D eigenvalue weighted by atomic mass is 19.4. The Labute approximate surface area is 124 Å². The van der Waals surface area contributed by atoms with Gasteiger partial charge < -0.3 is 10.4 Å². The van der Waals surface area contributed by atoms with Gasteiger partial charge in [0.2, 0.25) is 5.60 Å². The summed E-state index contributed by atoms with van der Waals surface area (Å²) in [5.41, 5.74) is -2.79. The summed E-state index contributed by atoms with van der Waals surface area (Å²) >= 11 is 0. The van der Waals surface area contributed by atoms with Crippen LogP contribution in [0.15, 0.2) is 42.5 Å². The summed E-state index contributed by atoms with van der Waals surface area (Å²) in [7, 11) is 1.44. The minimum Gasteiger partial charge on any atom is -0.372 e. The van der Waals surface area contributed by atoms with E-state index in [-0.39, 0.29) is 27.8 Å². The van der Waals surface area contributed by atoms with Gasteiger partial charge in [-0.25, -0.2) is 0 Å². The predicted molar refractivity (Wildman–Crippen MR) is 74.3 cm³/mol. The van der Waals surface area contributed by atoms with Crippen LogP contribution in [0.4, 0.5) is 13.2 Å². The summed E-state index contributed by atoms with van der Waals surface area (Å²) in [5.74, 6) is -0.400. The number of rotatable bonds is 1. The van der Waals surface area contributed by atoms with Crippen molar-refractivity contribution in [3.63, 3.8) is 0 Å². The van der Waals surface area contributed by atoms with Crippen LogP contribution >= 0.6 is 0 Å². The van der Waals surface area contributed by atoms with Crippen molar-refractivity contribution in [2.24, 2.45) is 0 Å². The van der Waals surface area contributed by atoms with Crippen LogP contribution in [0.1, 0.15) is 21.5 Å². The first-order valence-electron chi connectivity index (χ1n) is 6.56. The van der Waals surface area contributed by atoms with Crippen molar-refractivity contribution in [3.05, 3.63) is 59.2 Å². The van der Waals surface area contributed by atoms with Crippen molar-refractivity contribution >= 4 is 5.91 Å². The number of benzene rings is 2. The zero-order chi connectivity index (χ0) is 16.1. The van der Waals surface area contributed by atoms with Crippen molar-refractivity contribution in [2.75, 3.05) is 7.05 Å². The topological polar surface area (TPSA) is 49.3 Å². The third-order valence-electron chi connectivity index (χ3n) is 3.92. The normalized spacial score (nSPS) is 19.5. The molecule has 0 bridgehead atoms. The molecule has 2 N–H and O–H groups in total. The summed E-state index contributed by atoms with van der Waals surface area (Å²) in [4.78, 5) is 11.7. The Bertz CT molecular complexity index is 770. The second-order valence-electron chi connectivity index (χ2n) is 5.09. The molecule has 2 aromatic rings. The summed E-state index contributed by atoms with van der Waals surface area (Å²) in [6, 6.07) is 9.61. The van der Waals surface area contributed by atoms with Gasteiger partial charge in [-0.05, 0) is 23.3 Å². The molecule has 0 heterocycles. The number of hydrogen-bond acceptors (Lipinski definition) is 2. The molecule has 1 aliphatic carbocycles. The number of alkyl halides is 3. The monoisotopic (exact) mass is 307 g/mol. The molecule has 6 heteroatoms. The van der Waals surface area contributed by atoms with Gasteiger partial charge in [0.1, 0.15) is 0 Å². The number of halogens is 3. The summed E-state index contributed by atoms with van der Waals surface area (Å²) in [6.45, 7) is 0. The lowest BCUT2D eigenvalue weighted by atomic mass is 9.90. The number of amides is 1. The molecule has 0 aromatic heterocycles. The molecule has 0 saturated heterocycles. The number of aliphatic hydroxyl groups is 1. The van der Waals surface area contributed by atoms with Gasteiger partial charge >= 0.3 is 6.18 Å². The van der Waals surface area contributed by atoms with Crippen LogP contribution < -0.4 is 5.32 Å². The number of fused-ring (bicyclic) bond motifs is 3. The molecule has 1 aliphatic rings. The van der Waals surface area contributed by atoms with Gasteiger partial charge in [-0.2, -0.15) is 13.2 Å². The summed E-state index contributed by atoms with van der Waals surface area (Å²) < 4.78 is 40.5.